The number of rotatable bonds is 4. The zero-order valence-corrected chi connectivity index (χ0v) is 13.6. The minimum absolute atomic E-state index is 0.108. The van der Waals surface area contributed by atoms with Crippen molar-refractivity contribution >= 4 is 11.0 Å². The first kappa shape index (κ1) is 15.1. The molecule has 0 saturated heterocycles. The Morgan fingerprint density at radius 1 is 1.12 bits per heavy atom. The molecule has 0 unspecified atom stereocenters. The molecule has 0 aliphatic rings. The third-order valence-corrected chi connectivity index (χ3v) is 4.11. The molecule has 1 aromatic carbocycles. The molecule has 0 saturated carbocycles. The van der Waals surface area contributed by atoms with Gasteiger partial charge in [0.1, 0.15) is 16.8 Å². The highest BCUT2D eigenvalue weighted by Crippen LogP contribution is 2.23. The highest BCUT2D eigenvalue weighted by Gasteiger charge is 2.12. The number of ether oxygens (including phenoxy) is 1. The fraction of sp³-hybridized carbons (Fsp3) is 0.105. The van der Waals surface area contributed by atoms with Gasteiger partial charge in [-0.3, -0.25) is 14.3 Å². The number of pyridine rings is 1. The molecular formula is C19H16N4O2. The predicted octanol–water partition coefficient (Wildman–Crippen LogP) is 2.84. The number of H-pyrrole nitrogens is 1. The van der Waals surface area contributed by atoms with Gasteiger partial charge in [-0.25, -0.2) is 4.98 Å². The maximum Gasteiger partial charge on any atom is 0.277 e. The summed E-state index contributed by atoms with van der Waals surface area (Å²) in [6, 6.07) is 13.3. The molecule has 1 N–H and O–H groups in total. The van der Waals surface area contributed by atoms with Crippen LogP contribution in [0.2, 0.25) is 0 Å². The maximum absolute atomic E-state index is 12.7. The van der Waals surface area contributed by atoms with E-state index in [0.717, 1.165) is 22.6 Å². The molecule has 3 aromatic heterocycles. The number of nitrogens with zero attached hydrogens (tertiary/aromatic N) is 3. The summed E-state index contributed by atoms with van der Waals surface area (Å²) in [6.45, 7) is 0.448. The van der Waals surface area contributed by atoms with E-state index in [1.54, 1.807) is 30.4 Å². The van der Waals surface area contributed by atoms with E-state index in [-0.39, 0.29) is 5.56 Å². The Labute approximate surface area is 143 Å². The lowest BCUT2D eigenvalue weighted by Crippen LogP contribution is -2.21. The highest BCUT2D eigenvalue weighted by molar-refractivity contribution is 5.90. The summed E-state index contributed by atoms with van der Waals surface area (Å²) in [4.78, 5) is 24.6. The summed E-state index contributed by atoms with van der Waals surface area (Å²) >= 11 is 0. The van der Waals surface area contributed by atoms with Crippen molar-refractivity contribution in [2.45, 2.75) is 6.54 Å². The monoisotopic (exact) mass is 332 g/mol. The second-order valence-corrected chi connectivity index (χ2v) is 5.67. The number of aromatic amines is 1. The van der Waals surface area contributed by atoms with E-state index in [1.807, 2.05) is 42.5 Å². The average molecular weight is 332 g/mol. The molecule has 0 spiro atoms. The van der Waals surface area contributed by atoms with Gasteiger partial charge in [-0.1, -0.05) is 18.2 Å². The number of benzene rings is 1. The quantitative estimate of drug-likeness (QED) is 0.624. The standard InChI is InChI=1S/C19H16N4O2/c1-25-14-7-5-13(6-8-14)11-23-12-22-17-15(10-21-18(17)19(23)24)16-4-2-3-9-20-16/h2-10,12,21H,11H2,1H3. The zero-order valence-electron chi connectivity index (χ0n) is 13.6. The molecule has 25 heavy (non-hydrogen) atoms. The van der Waals surface area contributed by atoms with Gasteiger partial charge in [0.25, 0.3) is 5.56 Å². The molecule has 0 amide bonds. The molecule has 6 nitrogen and oxygen atoms in total. The van der Waals surface area contributed by atoms with E-state index < -0.39 is 0 Å². The first-order valence-corrected chi connectivity index (χ1v) is 7.87. The van der Waals surface area contributed by atoms with Crippen LogP contribution in [0.4, 0.5) is 0 Å². The number of nitrogens with one attached hydrogen (secondary N) is 1. The van der Waals surface area contributed by atoms with E-state index in [4.69, 9.17) is 4.74 Å². The van der Waals surface area contributed by atoms with Crippen LogP contribution in [-0.4, -0.2) is 26.6 Å². The first-order chi connectivity index (χ1) is 12.3. The number of aromatic nitrogens is 4. The van der Waals surface area contributed by atoms with Crippen molar-refractivity contribution in [2.24, 2.45) is 0 Å². The van der Waals surface area contributed by atoms with Gasteiger partial charge in [-0.2, -0.15) is 0 Å². The van der Waals surface area contributed by atoms with Crippen molar-refractivity contribution in [1.82, 2.24) is 19.5 Å². The Morgan fingerprint density at radius 2 is 1.96 bits per heavy atom. The van der Waals surface area contributed by atoms with Gasteiger partial charge in [0.15, 0.2) is 0 Å². The Bertz CT molecular complexity index is 1070. The molecule has 124 valence electrons. The summed E-state index contributed by atoms with van der Waals surface area (Å²) in [7, 11) is 1.63. The van der Waals surface area contributed by atoms with Crippen LogP contribution in [0.5, 0.6) is 5.75 Å². The SMILES string of the molecule is COc1ccc(Cn2cnc3c(-c4ccccn4)c[nH]c3c2=O)cc1. The molecule has 4 rings (SSSR count). The normalized spacial score (nSPS) is 10.9. The fourth-order valence-electron chi connectivity index (χ4n) is 2.79. The number of fused-ring (bicyclic) bond motifs is 1. The van der Waals surface area contributed by atoms with Gasteiger partial charge in [0.05, 0.1) is 25.7 Å². The Hall–Kier alpha value is -3.41. The minimum Gasteiger partial charge on any atom is -0.497 e. The molecule has 0 fully saturated rings. The van der Waals surface area contributed by atoms with Gasteiger partial charge in [0, 0.05) is 18.0 Å². The van der Waals surface area contributed by atoms with Gasteiger partial charge < -0.3 is 9.72 Å². The smallest absolute Gasteiger partial charge is 0.277 e. The number of hydrogen-bond donors (Lipinski definition) is 1. The van der Waals surface area contributed by atoms with E-state index in [2.05, 4.69) is 15.0 Å². The zero-order chi connectivity index (χ0) is 17.2. The van der Waals surface area contributed by atoms with E-state index >= 15 is 0 Å². The third-order valence-electron chi connectivity index (χ3n) is 4.11. The number of methoxy groups -OCH3 is 1. The third kappa shape index (κ3) is 2.78. The van der Waals surface area contributed by atoms with E-state index in [9.17, 15) is 4.79 Å². The second kappa shape index (κ2) is 6.24. The second-order valence-electron chi connectivity index (χ2n) is 5.67. The van der Waals surface area contributed by atoms with Crippen molar-refractivity contribution < 1.29 is 4.74 Å². The van der Waals surface area contributed by atoms with Crippen LogP contribution >= 0.6 is 0 Å². The summed E-state index contributed by atoms with van der Waals surface area (Å²) in [5, 5.41) is 0. The lowest BCUT2D eigenvalue weighted by Gasteiger charge is -2.07. The molecule has 0 aliphatic carbocycles. The molecular weight excluding hydrogens is 316 g/mol. The van der Waals surface area contributed by atoms with Crippen LogP contribution < -0.4 is 10.3 Å². The summed E-state index contributed by atoms with van der Waals surface area (Å²) < 4.78 is 6.74. The lowest BCUT2D eigenvalue weighted by atomic mass is 10.2. The van der Waals surface area contributed by atoms with Crippen molar-refractivity contribution in [1.29, 1.82) is 0 Å². The molecule has 6 heteroatoms. The maximum atomic E-state index is 12.7. The largest absolute Gasteiger partial charge is 0.497 e. The first-order valence-electron chi connectivity index (χ1n) is 7.87. The molecule has 0 radical (unpaired) electrons. The molecule has 0 aliphatic heterocycles. The van der Waals surface area contributed by atoms with E-state index in [1.165, 1.54) is 0 Å². The average Bonchev–Trinajstić information content (AvgIpc) is 3.10. The van der Waals surface area contributed by atoms with Gasteiger partial charge >= 0.3 is 0 Å². The minimum atomic E-state index is -0.108. The molecule has 0 bridgehead atoms. The van der Waals surface area contributed by atoms with Crippen molar-refractivity contribution in [3.8, 4) is 17.0 Å². The van der Waals surface area contributed by atoms with E-state index in [0.29, 0.717) is 17.6 Å². The van der Waals surface area contributed by atoms with Crippen LogP contribution in [0.25, 0.3) is 22.3 Å². The Kier molecular flexibility index (Phi) is 3.78. The van der Waals surface area contributed by atoms with Crippen molar-refractivity contribution in [3.63, 3.8) is 0 Å². The number of hydrogen-bond acceptors (Lipinski definition) is 4. The fourth-order valence-corrected chi connectivity index (χ4v) is 2.79. The van der Waals surface area contributed by atoms with Crippen molar-refractivity contribution in [2.75, 3.05) is 7.11 Å². The molecule has 0 atom stereocenters. The Morgan fingerprint density at radius 3 is 2.68 bits per heavy atom. The lowest BCUT2D eigenvalue weighted by molar-refractivity contribution is 0.414. The highest BCUT2D eigenvalue weighted by atomic mass is 16.5. The summed E-state index contributed by atoms with van der Waals surface area (Å²) in [5.74, 6) is 0.786. The van der Waals surface area contributed by atoms with Crippen LogP contribution in [0.15, 0.2) is 66.0 Å². The van der Waals surface area contributed by atoms with Gasteiger partial charge in [-0.05, 0) is 29.8 Å². The van der Waals surface area contributed by atoms with Crippen LogP contribution in [-0.2, 0) is 6.54 Å². The van der Waals surface area contributed by atoms with Gasteiger partial charge in [0.2, 0.25) is 0 Å². The topological polar surface area (TPSA) is 72.8 Å². The van der Waals surface area contributed by atoms with Crippen LogP contribution in [0, 0.1) is 0 Å². The van der Waals surface area contributed by atoms with Crippen LogP contribution in [0.1, 0.15) is 5.56 Å². The van der Waals surface area contributed by atoms with Gasteiger partial charge in [-0.15, -0.1) is 0 Å². The molecule has 3 heterocycles. The van der Waals surface area contributed by atoms with Crippen LogP contribution in [0.3, 0.4) is 0 Å². The summed E-state index contributed by atoms with van der Waals surface area (Å²) in [5.41, 5.74) is 3.62. The predicted molar refractivity (Wildman–Crippen MR) is 95.7 cm³/mol. The Balaban J connectivity index is 1.72. The molecule has 4 aromatic rings. The van der Waals surface area contributed by atoms with Crippen molar-refractivity contribution in [3.05, 3.63) is 77.1 Å². The summed E-state index contributed by atoms with van der Waals surface area (Å²) in [6.07, 6.45) is 5.08.